The number of aliphatic hydroxyl groups excluding tert-OH is 1. The molecule has 0 saturated heterocycles. The van der Waals surface area contributed by atoms with Crippen LogP contribution in [-0.2, 0) is 10.0 Å². The Morgan fingerprint density at radius 1 is 1.19 bits per heavy atom. The number of sulfonamides is 1. The van der Waals surface area contributed by atoms with Gasteiger partial charge in [0.2, 0.25) is 10.0 Å². The van der Waals surface area contributed by atoms with E-state index in [1.165, 1.54) is 0 Å². The summed E-state index contributed by atoms with van der Waals surface area (Å²) in [5.74, 6) is 0. The predicted octanol–water partition coefficient (Wildman–Crippen LogP) is 2.77. The minimum atomic E-state index is -3.71. The molecule has 4 nitrogen and oxygen atoms in total. The molecule has 0 aliphatic carbocycles. The zero-order valence-corrected chi connectivity index (χ0v) is 13.9. The van der Waals surface area contributed by atoms with E-state index in [0.29, 0.717) is 10.0 Å². The van der Waals surface area contributed by atoms with Crippen molar-refractivity contribution in [2.45, 2.75) is 17.9 Å². The summed E-state index contributed by atoms with van der Waals surface area (Å²) >= 11 is 3.28. The van der Waals surface area contributed by atoms with Crippen LogP contribution in [0.1, 0.15) is 17.2 Å². The SMILES string of the molecule is Cc1ccc(Br)cc1S(=O)(=O)N[C@H](CO)c1ccccc1. The Morgan fingerprint density at radius 2 is 1.86 bits per heavy atom. The highest BCUT2D eigenvalue weighted by molar-refractivity contribution is 9.10. The summed E-state index contributed by atoms with van der Waals surface area (Å²) in [7, 11) is -3.71. The van der Waals surface area contributed by atoms with Crippen molar-refractivity contribution in [3.05, 3.63) is 64.1 Å². The first-order chi connectivity index (χ1) is 9.94. The van der Waals surface area contributed by atoms with E-state index in [9.17, 15) is 13.5 Å². The average molecular weight is 370 g/mol. The third-order valence-corrected chi connectivity index (χ3v) is 5.23. The van der Waals surface area contributed by atoms with E-state index in [1.807, 2.05) is 6.07 Å². The molecule has 0 aromatic heterocycles. The highest BCUT2D eigenvalue weighted by atomic mass is 79.9. The van der Waals surface area contributed by atoms with Crippen LogP contribution in [0.2, 0.25) is 0 Å². The van der Waals surface area contributed by atoms with E-state index in [-0.39, 0.29) is 11.5 Å². The summed E-state index contributed by atoms with van der Waals surface area (Å²) in [5.41, 5.74) is 1.37. The molecule has 0 fully saturated rings. The second kappa shape index (κ2) is 6.70. The van der Waals surface area contributed by atoms with Crippen molar-refractivity contribution in [3.8, 4) is 0 Å². The van der Waals surface area contributed by atoms with Crippen molar-refractivity contribution in [2.24, 2.45) is 0 Å². The molecule has 2 rings (SSSR count). The van der Waals surface area contributed by atoms with Crippen molar-refractivity contribution >= 4 is 26.0 Å². The van der Waals surface area contributed by atoms with Crippen molar-refractivity contribution in [1.29, 1.82) is 0 Å². The number of hydrogen-bond donors (Lipinski definition) is 2. The van der Waals surface area contributed by atoms with Crippen LogP contribution < -0.4 is 4.72 Å². The van der Waals surface area contributed by atoms with Gasteiger partial charge in [0, 0.05) is 4.47 Å². The van der Waals surface area contributed by atoms with Gasteiger partial charge in [-0.15, -0.1) is 0 Å². The van der Waals surface area contributed by atoms with Crippen LogP contribution >= 0.6 is 15.9 Å². The molecular formula is C15H16BrNO3S. The van der Waals surface area contributed by atoms with Crippen LogP contribution in [0.25, 0.3) is 0 Å². The van der Waals surface area contributed by atoms with E-state index in [2.05, 4.69) is 20.7 Å². The van der Waals surface area contributed by atoms with Gasteiger partial charge in [0.25, 0.3) is 0 Å². The summed E-state index contributed by atoms with van der Waals surface area (Å²) in [4.78, 5) is 0.200. The number of hydrogen-bond acceptors (Lipinski definition) is 3. The maximum absolute atomic E-state index is 12.5. The molecule has 2 aromatic rings. The minimum absolute atomic E-state index is 0.200. The van der Waals surface area contributed by atoms with Crippen LogP contribution in [0, 0.1) is 6.92 Å². The Balaban J connectivity index is 2.34. The number of aryl methyl sites for hydroxylation is 1. The zero-order valence-electron chi connectivity index (χ0n) is 11.5. The molecule has 6 heteroatoms. The van der Waals surface area contributed by atoms with E-state index >= 15 is 0 Å². The molecule has 0 amide bonds. The van der Waals surface area contributed by atoms with Gasteiger partial charge in [0.1, 0.15) is 0 Å². The first-order valence-electron chi connectivity index (χ1n) is 6.38. The van der Waals surface area contributed by atoms with Gasteiger partial charge < -0.3 is 5.11 Å². The number of rotatable bonds is 5. The third-order valence-electron chi connectivity index (χ3n) is 3.12. The van der Waals surface area contributed by atoms with Crippen LogP contribution in [0.4, 0.5) is 0 Å². The topological polar surface area (TPSA) is 66.4 Å². The van der Waals surface area contributed by atoms with Crippen molar-refractivity contribution < 1.29 is 13.5 Å². The molecule has 1 atom stereocenters. The van der Waals surface area contributed by atoms with Gasteiger partial charge in [-0.3, -0.25) is 0 Å². The molecule has 2 aromatic carbocycles. The van der Waals surface area contributed by atoms with Crippen molar-refractivity contribution in [3.63, 3.8) is 0 Å². The zero-order chi connectivity index (χ0) is 15.5. The quantitative estimate of drug-likeness (QED) is 0.851. The summed E-state index contributed by atoms with van der Waals surface area (Å²) < 4.78 is 28.2. The second-order valence-electron chi connectivity index (χ2n) is 4.68. The molecule has 0 unspecified atom stereocenters. The molecule has 0 bridgehead atoms. The van der Waals surface area contributed by atoms with E-state index in [1.54, 1.807) is 49.4 Å². The number of halogens is 1. The highest BCUT2D eigenvalue weighted by Crippen LogP contribution is 2.23. The van der Waals surface area contributed by atoms with Crippen LogP contribution in [-0.4, -0.2) is 20.1 Å². The molecule has 0 radical (unpaired) electrons. The lowest BCUT2D eigenvalue weighted by atomic mass is 10.1. The van der Waals surface area contributed by atoms with E-state index in [4.69, 9.17) is 0 Å². The average Bonchev–Trinajstić information content (AvgIpc) is 2.48. The monoisotopic (exact) mass is 369 g/mol. The normalized spacial score (nSPS) is 13.1. The lowest BCUT2D eigenvalue weighted by Crippen LogP contribution is -2.31. The second-order valence-corrected chi connectivity index (χ2v) is 7.28. The van der Waals surface area contributed by atoms with Crippen molar-refractivity contribution in [2.75, 3.05) is 6.61 Å². The largest absolute Gasteiger partial charge is 0.394 e. The van der Waals surface area contributed by atoms with Gasteiger partial charge in [-0.05, 0) is 30.2 Å². The molecule has 0 heterocycles. The molecular weight excluding hydrogens is 354 g/mol. The van der Waals surface area contributed by atoms with Crippen LogP contribution in [0.15, 0.2) is 57.9 Å². The number of benzene rings is 2. The summed E-state index contributed by atoms with van der Waals surface area (Å²) in [6.07, 6.45) is 0. The van der Waals surface area contributed by atoms with Crippen LogP contribution in [0.5, 0.6) is 0 Å². The Bertz CT molecular complexity index is 717. The molecule has 0 aliphatic rings. The van der Waals surface area contributed by atoms with Gasteiger partial charge >= 0.3 is 0 Å². The summed E-state index contributed by atoms with van der Waals surface area (Å²) in [6, 6.07) is 13.4. The summed E-state index contributed by atoms with van der Waals surface area (Å²) in [6.45, 7) is 1.42. The standard InChI is InChI=1S/C15H16BrNO3S/c1-11-7-8-13(16)9-15(11)21(19,20)17-14(10-18)12-5-3-2-4-6-12/h2-9,14,17-18H,10H2,1H3/t14-/m1/s1. The molecule has 0 saturated carbocycles. The lowest BCUT2D eigenvalue weighted by Gasteiger charge is -2.18. The number of aliphatic hydroxyl groups is 1. The van der Waals surface area contributed by atoms with Gasteiger partial charge in [-0.2, -0.15) is 0 Å². The molecule has 112 valence electrons. The van der Waals surface area contributed by atoms with E-state index < -0.39 is 16.1 Å². The maximum atomic E-state index is 12.5. The Hall–Kier alpha value is -1.21. The van der Waals surface area contributed by atoms with Gasteiger partial charge in [0.05, 0.1) is 17.5 Å². The molecule has 0 aliphatic heterocycles. The maximum Gasteiger partial charge on any atom is 0.241 e. The van der Waals surface area contributed by atoms with Crippen LogP contribution in [0.3, 0.4) is 0 Å². The fraction of sp³-hybridized carbons (Fsp3) is 0.200. The fourth-order valence-corrected chi connectivity index (χ4v) is 4.01. The number of nitrogens with one attached hydrogen (secondary N) is 1. The van der Waals surface area contributed by atoms with Gasteiger partial charge in [0.15, 0.2) is 0 Å². The first kappa shape index (κ1) is 16.2. The Kier molecular flexibility index (Phi) is 5.16. The first-order valence-corrected chi connectivity index (χ1v) is 8.66. The van der Waals surface area contributed by atoms with E-state index in [0.717, 1.165) is 5.56 Å². The van der Waals surface area contributed by atoms with Crippen molar-refractivity contribution in [1.82, 2.24) is 4.72 Å². The predicted molar refractivity (Wildman–Crippen MR) is 85.5 cm³/mol. The van der Waals surface area contributed by atoms with Gasteiger partial charge in [-0.1, -0.05) is 52.3 Å². The smallest absolute Gasteiger partial charge is 0.241 e. The molecule has 2 N–H and O–H groups in total. The summed E-state index contributed by atoms with van der Waals surface area (Å²) in [5, 5.41) is 9.48. The molecule has 21 heavy (non-hydrogen) atoms. The molecule has 0 spiro atoms. The third kappa shape index (κ3) is 3.91. The minimum Gasteiger partial charge on any atom is -0.394 e. The highest BCUT2D eigenvalue weighted by Gasteiger charge is 2.22. The van der Waals surface area contributed by atoms with Gasteiger partial charge in [-0.25, -0.2) is 13.1 Å². The lowest BCUT2D eigenvalue weighted by molar-refractivity contribution is 0.259. The fourth-order valence-electron chi connectivity index (χ4n) is 2.01. The Morgan fingerprint density at radius 3 is 2.48 bits per heavy atom. The Labute approximate surface area is 133 Å².